The summed E-state index contributed by atoms with van der Waals surface area (Å²) in [6.45, 7) is 3.20. The van der Waals surface area contributed by atoms with Crippen LogP contribution in [0.5, 0.6) is 17.2 Å². The molecule has 0 aliphatic rings. The van der Waals surface area contributed by atoms with Crippen LogP contribution < -0.4 is 19.6 Å². The Kier molecular flexibility index (Phi) is 7.78. The van der Waals surface area contributed by atoms with Crippen molar-refractivity contribution >= 4 is 18.1 Å². The number of methoxy groups -OCH3 is 2. The van der Waals surface area contributed by atoms with E-state index >= 15 is 0 Å². The molecule has 8 nitrogen and oxygen atoms in total. The molecule has 0 aromatic heterocycles. The standard InChI is InChI=1S/C21H22N2O6/c1-4-7-15-10-14(11-18(28-3)20(15)29-13-19(24)25)12-22-23-21(26)16-8-5-6-9-17(16)27-2/h4-6,8-12H,1,7,13H2,2-3H3,(H,23,26)(H,24,25)/b22-12-. The first kappa shape index (κ1) is 21.5. The summed E-state index contributed by atoms with van der Waals surface area (Å²) in [5.74, 6) is -0.400. The summed E-state index contributed by atoms with van der Waals surface area (Å²) in [6, 6.07) is 10.2. The SMILES string of the molecule is C=CCc1cc(/C=N\NC(=O)c2ccccc2OC)cc(OC)c1OCC(=O)O. The number of nitrogens with one attached hydrogen (secondary N) is 1. The minimum absolute atomic E-state index is 0.324. The maximum Gasteiger partial charge on any atom is 0.341 e. The van der Waals surface area contributed by atoms with E-state index in [1.807, 2.05) is 0 Å². The monoisotopic (exact) mass is 398 g/mol. The van der Waals surface area contributed by atoms with Crippen LogP contribution in [-0.2, 0) is 11.2 Å². The maximum atomic E-state index is 12.3. The second-order valence-corrected chi connectivity index (χ2v) is 5.79. The number of carboxylic acids is 1. The van der Waals surface area contributed by atoms with Crippen LogP contribution >= 0.6 is 0 Å². The highest BCUT2D eigenvalue weighted by atomic mass is 16.5. The number of nitrogens with zero attached hydrogens (tertiary/aromatic N) is 1. The number of carbonyl (C=O) groups is 2. The van der Waals surface area contributed by atoms with E-state index < -0.39 is 18.5 Å². The molecule has 0 saturated carbocycles. The van der Waals surface area contributed by atoms with Gasteiger partial charge in [0, 0.05) is 5.56 Å². The van der Waals surface area contributed by atoms with Crippen LogP contribution in [-0.4, -0.2) is 44.0 Å². The van der Waals surface area contributed by atoms with Gasteiger partial charge in [-0.15, -0.1) is 6.58 Å². The second kappa shape index (κ2) is 10.5. The van der Waals surface area contributed by atoms with Gasteiger partial charge in [-0.1, -0.05) is 18.2 Å². The first-order chi connectivity index (χ1) is 14.0. The fourth-order valence-corrected chi connectivity index (χ4v) is 2.57. The van der Waals surface area contributed by atoms with Crippen LogP contribution in [0.25, 0.3) is 0 Å². The van der Waals surface area contributed by atoms with Crippen molar-refractivity contribution in [2.45, 2.75) is 6.42 Å². The summed E-state index contributed by atoms with van der Waals surface area (Å²) < 4.78 is 15.8. The van der Waals surface area contributed by atoms with Gasteiger partial charge in [0.2, 0.25) is 0 Å². The van der Waals surface area contributed by atoms with Crippen LogP contribution in [0.1, 0.15) is 21.5 Å². The zero-order valence-electron chi connectivity index (χ0n) is 16.2. The van der Waals surface area contributed by atoms with Crippen LogP contribution in [0.2, 0.25) is 0 Å². The molecule has 8 heteroatoms. The van der Waals surface area contributed by atoms with E-state index in [0.29, 0.717) is 40.4 Å². The zero-order chi connectivity index (χ0) is 21.2. The Balaban J connectivity index is 2.23. The maximum absolute atomic E-state index is 12.3. The van der Waals surface area contributed by atoms with E-state index in [1.165, 1.54) is 20.4 Å². The van der Waals surface area contributed by atoms with E-state index in [0.717, 1.165) is 0 Å². The van der Waals surface area contributed by atoms with Gasteiger partial charge in [-0.05, 0) is 36.2 Å². The van der Waals surface area contributed by atoms with E-state index in [1.54, 1.807) is 42.5 Å². The summed E-state index contributed by atoms with van der Waals surface area (Å²) in [5.41, 5.74) is 4.11. The predicted molar refractivity (Wildman–Crippen MR) is 108 cm³/mol. The highest BCUT2D eigenvalue weighted by Crippen LogP contribution is 2.33. The zero-order valence-corrected chi connectivity index (χ0v) is 16.2. The molecule has 0 heterocycles. The van der Waals surface area contributed by atoms with Crippen LogP contribution in [0.15, 0.2) is 54.2 Å². The summed E-state index contributed by atoms with van der Waals surface area (Å²) in [7, 11) is 2.93. The van der Waals surface area contributed by atoms with Crippen LogP contribution in [0, 0.1) is 0 Å². The van der Waals surface area contributed by atoms with Gasteiger partial charge in [-0.25, -0.2) is 10.2 Å². The molecule has 0 radical (unpaired) electrons. The van der Waals surface area contributed by atoms with E-state index in [4.69, 9.17) is 19.3 Å². The van der Waals surface area contributed by atoms with Crippen molar-refractivity contribution in [3.05, 3.63) is 65.7 Å². The second-order valence-electron chi connectivity index (χ2n) is 5.79. The number of para-hydroxylation sites is 1. The van der Waals surface area contributed by atoms with Crippen molar-refractivity contribution in [3.63, 3.8) is 0 Å². The molecule has 2 aromatic rings. The molecule has 0 fully saturated rings. The van der Waals surface area contributed by atoms with Crippen molar-refractivity contribution < 1.29 is 28.9 Å². The van der Waals surface area contributed by atoms with E-state index in [9.17, 15) is 9.59 Å². The number of hydrogen-bond donors (Lipinski definition) is 2. The summed E-state index contributed by atoms with van der Waals surface area (Å²) >= 11 is 0. The Bertz CT molecular complexity index is 923. The predicted octanol–water partition coefficient (Wildman–Crippen LogP) is 2.66. The molecule has 2 N–H and O–H groups in total. The number of amides is 1. The molecule has 0 aliphatic carbocycles. The Hall–Kier alpha value is -3.81. The Morgan fingerprint density at radius 1 is 1.17 bits per heavy atom. The van der Waals surface area contributed by atoms with E-state index in [-0.39, 0.29) is 0 Å². The lowest BCUT2D eigenvalue weighted by molar-refractivity contribution is -0.139. The molecule has 29 heavy (non-hydrogen) atoms. The van der Waals surface area contributed by atoms with Gasteiger partial charge < -0.3 is 19.3 Å². The molecule has 2 rings (SSSR count). The molecule has 1 amide bonds. The number of benzene rings is 2. The normalized spacial score (nSPS) is 10.4. The number of hydrazone groups is 1. The summed E-state index contributed by atoms with van der Waals surface area (Å²) in [4.78, 5) is 23.1. The number of ether oxygens (including phenoxy) is 3. The van der Waals surface area contributed by atoms with Gasteiger partial charge in [0.25, 0.3) is 5.91 Å². The van der Waals surface area contributed by atoms with Crippen LogP contribution in [0.4, 0.5) is 0 Å². The third kappa shape index (κ3) is 5.83. The minimum atomic E-state index is -1.10. The first-order valence-electron chi connectivity index (χ1n) is 8.63. The van der Waals surface area contributed by atoms with Gasteiger partial charge in [0.05, 0.1) is 26.0 Å². The number of aliphatic carboxylic acids is 1. The topological polar surface area (TPSA) is 106 Å². The largest absolute Gasteiger partial charge is 0.496 e. The number of rotatable bonds is 10. The van der Waals surface area contributed by atoms with Crippen molar-refractivity contribution in [3.8, 4) is 17.2 Å². The molecule has 0 spiro atoms. The molecule has 0 bridgehead atoms. The Labute approximate surface area is 168 Å². The highest BCUT2D eigenvalue weighted by molar-refractivity contribution is 5.97. The smallest absolute Gasteiger partial charge is 0.341 e. The number of allylic oxidation sites excluding steroid dienone is 1. The molecular weight excluding hydrogens is 376 g/mol. The summed E-state index contributed by atoms with van der Waals surface area (Å²) in [5, 5.41) is 12.8. The third-order valence-electron chi connectivity index (χ3n) is 3.81. The lowest BCUT2D eigenvalue weighted by atomic mass is 10.1. The molecule has 152 valence electrons. The molecule has 2 aromatic carbocycles. The van der Waals surface area contributed by atoms with E-state index in [2.05, 4.69) is 17.1 Å². The number of carbonyl (C=O) groups excluding carboxylic acids is 1. The number of carboxylic acid groups (broad SMARTS) is 1. The highest BCUT2D eigenvalue weighted by Gasteiger charge is 2.14. The summed E-state index contributed by atoms with van der Waals surface area (Å²) in [6.07, 6.45) is 3.54. The third-order valence-corrected chi connectivity index (χ3v) is 3.81. The minimum Gasteiger partial charge on any atom is -0.496 e. The average molecular weight is 398 g/mol. The fraction of sp³-hybridized carbons (Fsp3) is 0.190. The first-order valence-corrected chi connectivity index (χ1v) is 8.63. The molecule has 0 unspecified atom stereocenters. The molecule has 0 aliphatic heterocycles. The van der Waals surface area contributed by atoms with Gasteiger partial charge in [0.15, 0.2) is 18.1 Å². The quantitative estimate of drug-likeness (QED) is 0.362. The van der Waals surface area contributed by atoms with Gasteiger partial charge in [-0.3, -0.25) is 4.79 Å². The van der Waals surface area contributed by atoms with Gasteiger partial charge >= 0.3 is 5.97 Å². The Morgan fingerprint density at radius 3 is 2.55 bits per heavy atom. The Morgan fingerprint density at radius 2 is 1.90 bits per heavy atom. The van der Waals surface area contributed by atoms with Crippen molar-refractivity contribution in [2.24, 2.45) is 5.10 Å². The number of hydrogen-bond acceptors (Lipinski definition) is 6. The lowest BCUT2D eigenvalue weighted by Gasteiger charge is -2.14. The molecule has 0 saturated heterocycles. The van der Waals surface area contributed by atoms with Gasteiger partial charge in [0.1, 0.15) is 5.75 Å². The van der Waals surface area contributed by atoms with Gasteiger partial charge in [-0.2, -0.15) is 5.10 Å². The molecular formula is C21H22N2O6. The van der Waals surface area contributed by atoms with Crippen molar-refractivity contribution in [2.75, 3.05) is 20.8 Å². The average Bonchev–Trinajstić information content (AvgIpc) is 2.72. The van der Waals surface area contributed by atoms with Crippen molar-refractivity contribution in [1.29, 1.82) is 0 Å². The lowest BCUT2D eigenvalue weighted by Crippen LogP contribution is -2.18. The fourth-order valence-electron chi connectivity index (χ4n) is 2.57. The van der Waals surface area contributed by atoms with Crippen molar-refractivity contribution in [1.82, 2.24) is 5.43 Å². The molecule has 0 atom stereocenters. The van der Waals surface area contributed by atoms with Crippen LogP contribution in [0.3, 0.4) is 0 Å².